The van der Waals surface area contributed by atoms with Gasteiger partial charge in [0.1, 0.15) is 5.82 Å². The number of nitrogens with two attached hydrogens (primary N) is 1. The van der Waals surface area contributed by atoms with Crippen molar-refractivity contribution in [1.29, 1.82) is 0 Å². The van der Waals surface area contributed by atoms with E-state index >= 15 is 0 Å². The largest absolute Gasteiger partial charge is 0.418 e. The molecule has 0 saturated heterocycles. The lowest BCUT2D eigenvalue weighted by Gasteiger charge is -2.12. The first-order valence-electron chi connectivity index (χ1n) is 3.56. The molecule has 78 valence electrons. The van der Waals surface area contributed by atoms with E-state index in [9.17, 15) is 22.0 Å². The zero-order valence-electron chi connectivity index (χ0n) is 7.04. The second-order valence-corrected chi connectivity index (χ2v) is 2.76. The molecule has 0 unspecified atom stereocenters. The highest BCUT2D eigenvalue weighted by atomic mass is 19.4. The van der Waals surface area contributed by atoms with Gasteiger partial charge in [0.15, 0.2) is 5.82 Å². The second kappa shape index (κ2) is 3.11. The van der Waals surface area contributed by atoms with Crippen molar-refractivity contribution in [2.45, 2.75) is 13.1 Å². The summed E-state index contributed by atoms with van der Waals surface area (Å²) in [7, 11) is 0. The summed E-state index contributed by atoms with van der Waals surface area (Å²) in [5.74, 6) is -2.62. The fraction of sp³-hybridized carbons (Fsp3) is 0.250. The van der Waals surface area contributed by atoms with Crippen molar-refractivity contribution >= 4 is 5.69 Å². The molecule has 0 aliphatic heterocycles. The standard InChI is InChI=1S/C8H6F5N/c1-3-5(9)2-4(8(11,12)13)7(14)6(3)10/h2H,14H2,1H3. The summed E-state index contributed by atoms with van der Waals surface area (Å²) in [6, 6.07) is 0.188. The molecule has 0 atom stereocenters. The molecule has 0 spiro atoms. The van der Waals surface area contributed by atoms with Crippen molar-refractivity contribution in [3.8, 4) is 0 Å². The van der Waals surface area contributed by atoms with Crippen LogP contribution in [0.1, 0.15) is 11.1 Å². The van der Waals surface area contributed by atoms with E-state index in [1.54, 1.807) is 0 Å². The molecule has 0 aliphatic carbocycles. The van der Waals surface area contributed by atoms with E-state index in [-0.39, 0.29) is 6.07 Å². The predicted octanol–water partition coefficient (Wildman–Crippen LogP) is 2.87. The molecule has 0 fully saturated rings. The number of anilines is 1. The molecule has 1 nitrogen and oxygen atoms in total. The van der Waals surface area contributed by atoms with Crippen LogP contribution in [0.3, 0.4) is 0 Å². The number of nitrogen functional groups attached to an aromatic ring is 1. The van der Waals surface area contributed by atoms with Crippen LogP contribution in [0, 0.1) is 18.6 Å². The topological polar surface area (TPSA) is 26.0 Å². The predicted molar refractivity (Wildman–Crippen MR) is 40.5 cm³/mol. The summed E-state index contributed by atoms with van der Waals surface area (Å²) in [5.41, 5.74) is 1.80. The van der Waals surface area contributed by atoms with Gasteiger partial charge < -0.3 is 5.73 Å². The molecule has 1 rings (SSSR count). The summed E-state index contributed by atoms with van der Waals surface area (Å²) < 4.78 is 62.1. The van der Waals surface area contributed by atoms with Crippen LogP contribution in [0.25, 0.3) is 0 Å². The minimum absolute atomic E-state index is 0.188. The molecule has 0 saturated carbocycles. The maximum atomic E-state index is 12.9. The lowest BCUT2D eigenvalue weighted by Crippen LogP contribution is -2.12. The van der Waals surface area contributed by atoms with Gasteiger partial charge in [-0.1, -0.05) is 0 Å². The van der Waals surface area contributed by atoms with Gasteiger partial charge in [-0.15, -0.1) is 0 Å². The Bertz CT molecular complexity index is 369. The molecule has 14 heavy (non-hydrogen) atoms. The van der Waals surface area contributed by atoms with E-state index in [0.717, 1.165) is 6.92 Å². The summed E-state index contributed by atoms with van der Waals surface area (Å²) in [6.45, 7) is 1.02. The van der Waals surface area contributed by atoms with Crippen LogP contribution in [-0.4, -0.2) is 0 Å². The molecule has 0 bridgehead atoms. The van der Waals surface area contributed by atoms with Crippen molar-refractivity contribution < 1.29 is 22.0 Å². The first kappa shape index (κ1) is 10.7. The Balaban J connectivity index is 3.49. The number of benzene rings is 1. The van der Waals surface area contributed by atoms with E-state index in [1.807, 2.05) is 0 Å². The van der Waals surface area contributed by atoms with Crippen LogP contribution in [0.15, 0.2) is 6.07 Å². The third kappa shape index (κ3) is 1.64. The molecule has 0 aliphatic rings. The van der Waals surface area contributed by atoms with Crippen molar-refractivity contribution in [3.05, 3.63) is 28.8 Å². The van der Waals surface area contributed by atoms with Gasteiger partial charge in [-0.25, -0.2) is 8.78 Å². The third-order valence-electron chi connectivity index (χ3n) is 1.79. The summed E-state index contributed by atoms with van der Waals surface area (Å²) in [6.07, 6.45) is -4.85. The summed E-state index contributed by atoms with van der Waals surface area (Å²) >= 11 is 0. The molecule has 6 heteroatoms. The minimum Gasteiger partial charge on any atom is -0.396 e. The number of rotatable bonds is 0. The highest BCUT2D eigenvalue weighted by Gasteiger charge is 2.35. The molecule has 2 N–H and O–H groups in total. The second-order valence-electron chi connectivity index (χ2n) is 2.76. The zero-order chi connectivity index (χ0) is 11.1. The van der Waals surface area contributed by atoms with Gasteiger partial charge in [0, 0.05) is 5.56 Å². The van der Waals surface area contributed by atoms with E-state index in [1.165, 1.54) is 0 Å². The summed E-state index contributed by atoms with van der Waals surface area (Å²) in [4.78, 5) is 0. The molecular weight excluding hydrogens is 205 g/mol. The highest BCUT2D eigenvalue weighted by molar-refractivity contribution is 5.52. The van der Waals surface area contributed by atoms with Crippen LogP contribution in [-0.2, 0) is 6.18 Å². The Morgan fingerprint density at radius 1 is 1.21 bits per heavy atom. The molecular formula is C8H6F5N. The van der Waals surface area contributed by atoms with Gasteiger partial charge in [-0.3, -0.25) is 0 Å². The van der Waals surface area contributed by atoms with Crippen molar-refractivity contribution in [1.82, 2.24) is 0 Å². The fourth-order valence-corrected chi connectivity index (χ4v) is 0.972. The van der Waals surface area contributed by atoms with Crippen LogP contribution in [0.4, 0.5) is 27.6 Å². The summed E-state index contributed by atoms with van der Waals surface area (Å²) in [5, 5.41) is 0. The quantitative estimate of drug-likeness (QED) is 0.518. The monoisotopic (exact) mass is 211 g/mol. The van der Waals surface area contributed by atoms with Crippen molar-refractivity contribution in [3.63, 3.8) is 0 Å². The van der Waals surface area contributed by atoms with E-state index in [4.69, 9.17) is 5.73 Å². The third-order valence-corrected chi connectivity index (χ3v) is 1.79. The molecule has 0 aromatic heterocycles. The Hall–Kier alpha value is -1.33. The zero-order valence-corrected chi connectivity index (χ0v) is 7.04. The maximum Gasteiger partial charge on any atom is 0.418 e. The lowest BCUT2D eigenvalue weighted by molar-refractivity contribution is -0.137. The smallest absolute Gasteiger partial charge is 0.396 e. The van der Waals surface area contributed by atoms with Gasteiger partial charge in [-0.2, -0.15) is 13.2 Å². The number of hydrogen-bond donors (Lipinski definition) is 1. The van der Waals surface area contributed by atoms with Crippen LogP contribution < -0.4 is 5.73 Å². The van der Waals surface area contributed by atoms with Gasteiger partial charge in [0.25, 0.3) is 0 Å². The lowest BCUT2D eigenvalue weighted by atomic mass is 10.1. The van der Waals surface area contributed by atoms with E-state index in [2.05, 4.69) is 0 Å². The fourth-order valence-electron chi connectivity index (χ4n) is 0.972. The number of halogens is 5. The Morgan fingerprint density at radius 2 is 1.71 bits per heavy atom. The highest BCUT2D eigenvalue weighted by Crippen LogP contribution is 2.36. The van der Waals surface area contributed by atoms with Gasteiger partial charge in [0.2, 0.25) is 0 Å². The molecule has 0 amide bonds. The molecule has 0 radical (unpaired) electrons. The molecule has 1 aromatic rings. The maximum absolute atomic E-state index is 12.9. The van der Waals surface area contributed by atoms with Gasteiger partial charge >= 0.3 is 6.18 Å². The first-order valence-corrected chi connectivity index (χ1v) is 3.56. The SMILES string of the molecule is Cc1c(F)cc(C(F)(F)F)c(N)c1F. The van der Waals surface area contributed by atoms with Crippen LogP contribution in [0.5, 0.6) is 0 Å². The Kier molecular flexibility index (Phi) is 2.39. The van der Waals surface area contributed by atoms with Crippen molar-refractivity contribution in [2.24, 2.45) is 0 Å². The average molecular weight is 211 g/mol. The van der Waals surface area contributed by atoms with Gasteiger partial charge in [0.05, 0.1) is 11.3 Å². The number of hydrogen-bond acceptors (Lipinski definition) is 1. The molecule has 0 heterocycles. The van der Waals surface area contributed by atoms with Crippen molar-refractivity contribution in [2.75, 3.05) is 5.73 Å². The van der Waals surface area contributed by atoms with E-state index in [0.29, 0.717) is 0 Å². The molecule has 1 aromatic carbocycles. The van der Waals surface area contributed by atoms with E-state index < -0.39 is 34.6 Å². The van der Waals surface area contributed by atoms with Gasteiger partial charge in [-0.05, 0) is 13.0 Å². The minimum atomic E-state index is -4.85. The Morgan fingerprint density at radius 3 is 2.14 bits per heavy atom. The van der Waals surface area contributed by atoms with Crippen LogP contribution in [0.2, 0.25) is 0 Å². The number of alkyl halides is 3. The normalized spacial score (nSPS) is 11.9. The average Bonchev–Trinajstić information content (AvgIpc) is 2.06. The van der Waals surface area contributed by atoms with Crippen LogP contribution >= 0.6 is 0 Å². The Labute approximate surface area is 76.3 Å². The first-order chi connectivity index (χ1) is 6.25.